The highest BCUT2D eigenvalue weighted by molar-refractivity contribution is 5.90. The third kappa shape index (κ3) is 5.06. The summed E-state index contributed by atoms with van der Waals surface area (Å²) in [7, 11) is 2.17. The van der Waals surface area contributed by atoms with Crippen molar-refractivity contribution in [1.29, 1.82) is 0 Å². The molecule has 1 aliphatic rings. The standard InChI is InChI=1S/C27H34N8O2/c1-17-11-19(7-8-20(17)13-28-25(36)24-31-26(37-32-24)27(3,4)5)23-22-12-21(15-35(22)30-16-29-23)34-10-9-33(6)18(2)14-34/h7-8,11-12,15-16,18H,9-10,13-14H2,1-6H3,(H,28,36)/t18-/m0/s1. The molecule has 4 aromatic rings. The molecule has 1 aliphatic heterocycles. The van der Waals surface area contributed by atoms with Crippen LogP contribution < -0.4 is 10.2 Å². The molecule has 0 saturated carbocycles. The van der Waals surface area contributed by atoms with E-state index in [2.05, 4.69) is 67.6 Å². The van der Waals surface area contributed by atoms with E-state index in [9.17, 15) is 4.79 Å². The molecule has 0 radical (unpaired) electrons. The summed E-state index contributed by atoms with van der Waals surface area (Å²) >= 11 is 0. The minimum Gasteiger partial charge on any atom is -0.367 e. The molecule has 0 unspecified atom stereocenters. The Morgan fingerprint density at radius 2 is 2.03 bits per heavy atom. The number of fused-ring (bicyclic) bond motifs is 1. The molecule has 3 aromatic heterocycles. The van der Waals surface area contributed by atoms with Crippen molar-refractivity contribution in [2.24, 2.45) is 0 Å². The maximum absolute atomic E-state index is 12.6. The fraction of sp³-hybridized carbons (Fsp3) is 0.444. The Balaban J connectivity index is 1.33. The summed E-state index contributed by atoms with van der Waals surface area (Å²) in [5, 5.41) is 11.2. The molecule has 1 amide bonds. The predicted molar refractivity (Wildman–Crippen MR) is 142 cm³/mol. The van der Waals surface area contributed by atoms with Crippen molar-refractivity contribution in [2.45, 2.75) is 52.6 Å². The molecule has 1 saturated heterocycles. The Morgan fingerprint density at radius 1 is 1.22 bits per heavy atom. The van der Waals surface area contributed by atoms with E-state index >= 15 is 0 Å². The number of piperazine rings is 1. The molecular formula is C27H34N8O2. The molecule has 5 rings (SSSR count). The Hall–Kier alpha value is -3.79. The van der Waals surface area contributed by atoms with Crippen LogP contribution in [0.4, 0.5) is 5.69 Å². The maximum atomic E-state index is 12.6. The highest BCUT2D eigenvalue weighted by atomic mass is 16.5. The number of hydrogen-bond acceptors (Lipinski definition) is 8. The number of hydrogen-bond donors (Lipinski definition) is 1. The molecule has 1 N–H and O–H groups in total. The van der Waals surface area contributed by atoms with Crippen molar-refractivity contribution in [3.63, 3.8) is 0 Å². The van der Waals surface area contributed by atoms with Gasteiger partial charge in [0.25, 0.3) is 11.7 Å². The number of likely N-dealkylation sites (N-methyl/N-ethyl adjacent to an activating group) is 1. The summed E-state index contributed by atoms with van der Waals surface area (Å²) in [6, 6.07) is 8.83. The molecule has 0 aliphatic carbocycles. The third-order valence-corrected chi connectivity index (χ3v) is 7.04. The molecule has 0 spiro atoms. The zero-order chi connectivity index (χ0) is 26.3. The first-order valence-electron chi connectivity index (χ1n) is 12.6. The summed E-state index contributed by atoms with van der Waals surface area (Å²) in [4.78, 5) is 26.2. The van der Waals surface area contributed by atoms with Gasteiger partial charge in [0.1, 0.15) is 6.33 Å². The summed E-state index contributed by atoms with van der Waals surface area (Å²) < 4.78 is 7.14. The molecule has 0 bridgehead atoms. The second kappa shape index (κ2) is 9.59. The fourth-order valence-corrected chi connectivity index (χ4v) is 4.51. The average molecular weight is 503 g/mol. The Labute approximate surface area is 216 Å². The van der Waals surface area contributed by atoms with Crippen LogP contribution in [0.1, 0.15) is 55.3 Å². The minimum absolute atomic E-state index is 0.0429. The van der Waals surface area contributed by atoms with Crippen molar-refractivity contribution in [3.05, 3.63) is 59.6 Å². The van der Waals surface area contributed by atoms with Gasteiger partial charge < -0.3 is 19.6 Å². The van der Waals surface area contributed by atoms with Crippen LogP contribution in [0.5, 0.6) is 0 Å². The van der Waals surface area contributed by atoms with Crippen LogP contribution in [0.25, 0.3) is 16.8 Å². The van der Waals surface area contributed by atoms with E-state index in [1.165, 1.54) is 0 Å². The normalized spacial score (nSPS) is 16.9. The van der Waals surface area contributed by atoms with Gasteiger partial charge in [-0.25, -0.2) is 9.50 Å². The van der Waals surface area contributed by atoms with E-state index in [0.717, 1.165) is 53.2 Å². The lowest BCUT2D eigenvalue weighted by Crippen LogP contribution is -2.50. The first-order valence-corrected chi connectivity index (χ1v) is 12.6. The van der Waals surface area contributed by atoms with Gasteiger partial charge in [0.05, 0.1) is 23.1 Å². The Bertz CT molecular complexity index is 1430. The van der Waals surface area contributed by atoms with E-state index in [1.54, 1.807) is 6.33 Å². The van der Waals surface area contributed by atoms with Crippen LogP contribution in [-0.2, 0) is 12.0 Å². The SMILES string of the molecule is Cc1cc(-c2ncnn3cc(N4CCN(C)[C@@H](C)C4)cc23)ccc1CNC(=O)c1noc(C(C)(C)C)n1. The zero-order valence-corrected chi connectivity index (χ0v) is 22.3. The van der Waals surface area contributed by atoms with Crippen molar-refractivity contribution in [3.8, 4) is 11.3 Å². The largest absolute Gasteiger partial charge is 0.367 e. The van der Waals surface area contributed by atoms with Gasteiger partial charge >= 0.3 is 0 Å². The maximum Gasteiger partial charge on any atom is 0.292 e. The number of aromatic nitrogens is 5. The van der Waals surface area contributed by atoms with Crippen LogP contribution >= 0.6 is 0 Å². The molecule has 1 aromatic carbocycles. The third-order valence-electron chi connectivity index (χ3n) is 7.04. The van der Waals surface area contributed by atoms with Crippen molar-refractivity contribution in [2.75, 3.05) is 31.6 Å². The topological polar surface area (TPSA) is 105 Å². The van der Waals surface area contributed by atoms with Gasteiger partial charge in [-0.2, -0.15) is 10.1 Å². The number of nitrogens with zero attached hydrogens (tertiary/aromatic N) is 7. The number of carbonyl (C=O) groups is 1. The van der Waals surface area contributed by atoms with Crippen LogP contribution in [-0.4, -0.2) is 68.3 Å². The summed E-state index contributed by atoms with van der Waals surface area (Å²) in [5.74, 6) is 0.116. The van der Waals surface area contributed by atoms with Crippen LogP contribution in [0.2, 0.25) is 0 Å². The predicted octanol–water partition coefficient (Wildman–Crippen LogP) is 3.46. The number of nitrogens with one attached hydrogen (secondary N) is 1. The summed E-state index contributed by atoms with van der Waals surface area (Å²) in [6.45, 7) is 13.5. The number of aryl methyl sites for hydroxylation is 1. The average Bonchev–Trinajstić information content (AvgIpc) is 3.52. The first kappa shape index (κ1) is 24.9. The van der Waals surface area contributed by atoms with Gasteiger partial charge in [-0.3, -0.25) is 4.79 Å². The molecule has 1 atom stereocenters. The Morgan fingerprint density at radius 3 is 2.73 bits per heavy atom. The van der Waals surface area contributed by atoms with Gasteiger partial charge in [-0.1, -0.05) is 38.1 Å². The molecule has 37 heavy (non-hydrogen) atoms. The van der Waals surface area contributed by atoms with Crippen molar-refractivity contribution in [1.82, 2.24) is 35.0 Å². The van der Waals surface area contributed by atoms with E-state index < -0.39 is 0 Å². The molecular weight excluding hydrogens is 468 g/mol. The Kier molecular flexibility index (Phi) is 6.45. The van der Waals surface area contributed by atoms with E-state index in [4.69, 9.17) is 4.52 Å². The molecule has 10 nitrogen and oxygen atoms in total. The zero-order valence-electron chi connectivity index (χ0n) is 22.3. The molecule has 1 fully saturated rings. The van der Waals surface area contributed by atoms with Gasteiger partial charge in [0, 0.05) is 43.2 Å². The number of benzene rings is 1. The lowest BCUT2D eigenvalue weighted by molar-refractivity contribution is 0.0937. The molecule has 10 heteroatoms. The fourth-order valence-electron chi connectivity index (χ4n) is 4.51. The second-order valence-electron chi connectivity index (χ2n) is 10.9. The molecule has 4 heterocycles. The van der Waals surface area contributed by atoms with Crippen LogP contribution in [0, 0.1) is 6.92 Å². The van der Waals surface area contributed by atoms with Crippen molar-refractivity contribution >= 4 is 17.1 Å². The van der Waals surface area contributed by atoms with Gasteiger partial charge in [-0.05, 0) is 44.2 Å². The number of amides is 1. The smallest absolute Gasteiger partial charge is 0.292 e. The van der Waals surface area contributed by atoms with Crippen molar-refractivity contribution < 1.29 is 9.32 Å². The summed E-state index contributed by atoms with van der Waals surface area (Å²) in [5.41, 5.74) is 5.76. The van der Waals surface area contributed by atoms with Gasteiger partial charge in [-0.15, -0.1) is 0 Å². The van der Waals surface area contributed by atoms with Gasteiger partial charge in [0.15, 0.2) is 0 Å². The highest BCUT2D eigenvalue weighted by Gasteiger charge is 2.25. The lowest BCUT2D eigenvalue weighted by Gasteiger charge is -2.38. The van der Waals surface area contributed by atoms with Crippen LogP contribution in [0.3, 0.4) is 0 Å². The van der Waals surface area contributed by atoms with E-state index in [0.29, 0.717) is 18.5 Å². The van der Waals surface area contributed by atoms with E-state index in [-0.39, 0.29) is 17.1 Å². The highest BCUT2D eigenvalue weighted by Crippen LogP contribution is 2.29. The van der Waals surface area contributed by atoms with Crippen LogP contribution in [0.15, 0.2) is 41.3 Å². The minimum atomic E-state index is -0.362. The number of rotatable bonds is 5. The second-order valence-corrected chi connectivity index (χ2v) is 10.9. The number of carbonyl (C=O) groups excluding carboxylic acids is 1. The molecule has 194 valence electrons. The quantitative estimate of drug-likeness (QED) is 0.443. The number of anilines is 1. The van der Waals surface area contributed by atoms with Gasteiger partial charge in [0.2, 0.25) is 5.89 Å². The first-order chi connectivity index (χ1) is 17.6. The van der Waals surface area contributed by atoms with E-state index in [1.807, 2.05) is 44.3 Å². The lowest BCUT2D eigenvalue weighted by atomic mass is 9.97. The monoisotopic (exact) mass is 502 g/mol. The summed E-state index contributed by atoms with van der Waals surface area (Å²) in [6.07, 6.45) is 3.68.